The molecule has 8 heteroatoms. The number of rotatable bonds is 5. The molecule has 0 saturated heterocycles. The van der Waals surface area contributed by atoms with Gasteiger partial charge in [-0.25, -0.2) is 4.79 Å². The van der Waals surface area contributed by atoms with Crippen molar-refractivity contribution < 1.29 is 18.7 Å². The number of esters is 1. The molecule has 1 N–H and O–H groups in total. The van der Waals surface area contributed by atoms with E-state index in [1.165, 1.54) is 24.5 Å². The van der Waals surface area contributed by atoms with Crippen molar-refractivity contribution in [1.29, 1.82) is 5.26 Å². The minimum absolute atomic E-state index is 0.287. The first-order chi connectivity index (χ1) is 11.5. The Bertz CT molecular complexity index is 823. The smallest absolute Gasteiger partial charge is 0.349 e. The summed E-state index contributed by atoms with van der Waals surface area (Å²) in [4.78, 5) is 23.6. The fourth-order valence-corrected chi connectivity index (χ4v) is 1.98. The summed E-state index contributed by atoms with van der Waals surface area (Å²) in [6, 6.07) is 9.41. The van der Waals surface area contributed by atoms with E-state index in [0.717, 1.165) is 0 Å². The maximum atomic E-state index is 11.8. The van der Waals surface area contributed by atoms with Crippen LogP contribution in [0.5, 0.6) is 0 Å². The molecular weight excluding hydrogens is 355 g/mol. The zero-order valence-corrected chi connectivity index (χ0v) is 13.6. The second-order valence-corrected chi connectivity index (χ2v) is 5.28. The number of ether oxygens (including phenoxy) is 1. The summed E-state index contributed by atoms with van der Waals surface area (Å²) < 4.78 is 9.79. The zero-order chi connectivity index (χ0) is 17.5. The number of halogens is 2. The highest BCUT2D eigenvalue weighted by molar-refractivity contribution is 6.35. The molecule has 122 valence electrons. The van der Waals surface area contributed by atoms with E-state index >= 15 is 0 Å². The SMILES string of the molecule is N#C/C(=C\c1ccco1)C(=O)OCC(=O)Nc1cc(Cl)ccc1Cl. The molecule has 0 aliphatic heterocycles. The van der Waals surface area contributed by atoms with Gasteiger partial charge in [-0.15, -0.1) is 0 Å². The standard InChI is InChI=1S/C16H10Cl2N2O4/c17-11-3-4-13(18)14(7-11)20-15(21)9-24-16(22)10(8-19)6-12-2-1-5-23-12/h1-7H,9H2,(H,20,21)/b10-6+. The Morgan fingerprint density at radius 2 is 2.12 bits per heavy atom. The van der Waals surface area contributed by atoms with E-state index in [0.29, 0.717) is 10.8 Å². The van der Waals surface area contributed by atoms with Crippen LogP contribution in [0.1, 0.15) is 5.76 Å². The molecule has 0 saturated carbocycles. The van der Waals surface area contributed by atoms with Crippen LogP contribution in [0.25, 0.3) is 6.08 Å². The summed E-state index contributed by atoms with van der Waals surface area (Å²) in [6.45, 7) is -0.584. The fourth-order valence-electron chi connectivity index (χ4n) is 1.64. The molecule has 0 aliphatic carbocycles. The molecule has 1 aromatic carbocycles. The maximum Gasteiger partial charge on any atom is 0.349 e. The Morgan fingerprint density at radius 3 is 2.79 bits per heavy atom. The van der Waals surface area contributed by atoms with E-state index in [-0.39, 0.29) is 16.3 Å². The summed E-state index contributed by atoms with van der Waals surface area (Å²) >= 11 is 11.7. The number of nitrogens with zero attached hydrogens (tertiary/aromatic N) is 1. The van der Waals surface area contributed by atoms with Crippen molar-refractivity contribution in [2.24, 2.45) is 0 Å². The molecule has 0 atom stereocenters. The van der Waals surface area contributed by atoms with Gasteiger partial charge in [-0.05, 0) is 30.3 Å². The monoisotopic (exact) mass is 364 g/mol. The molecule has 24 heavy (non-hydrogen) atoms. The van der Waals surface area contributed by atoms with Crippen LogP contribution in [0.15, 0.2) is 46.6 Å². The lowest BCUT2D eigenvalue weighted by atomic mass is 10.2. The molecule has 0 unspecified atom stereocenters. The second kappa shape index (κ2) is 8.20. The predicted molar refractivity (Wildman–Crippen MR) is 88.3 cm³/mol. The molecular formula is C16H10Cl2N2O4. The van der Waals surface area contributed by atoms with Gasteiger partial charge in [0, 0.05) is 11.1 Å². The number of hydrogen-bond acceptors (Lipinski definition) is 5. The molecule has 0 aliphatic rings. The first-order valence-electron chi connectivity index (χ1n) is 6.57. The average Bonchev–Trinajstić information content (AvgIpc) is 3.07. The van der Waals surface area contributed by atoms with Crippen LogP contribution in [0.2, 0.25) is 10.0 Å². The molecule has 1 aromatic heterocycles. The first-order valence-corrected chi connectivity index (χ1v) is 7.32. The van der Waals surface area contributed by atoms with Gasteiger partial charge >= 0.3 is 5.97 Å². The Balaban J connectivity index is 1.94. The highest BCUT2D eigenvalue weighted by Gasteiger charge is 2.14. The summed E-state index contributed by atoms with van der Waals surface area (Å²) in [6.07, 6.45) is 2.61. The molecule has 1 amide bonds. The van der Waals surface area contributed by atoms with Gasteiger partial charge in [0.25, 0.3) is 5.91 Å². The Hall–Kier alpha value is -2.75. The zero-order valence-electron chi connectivity index (χ0n) is 12.1. The van der Waals surface area contributed by atoms with E-state index in [1.807, 2.05) is 0 Å². The van der Waals surface area contributed by atoms with Crippen LogP contribution in [-0.4, -0.2) is 18.5 Å². The Morgan fingerprint density at radius 1 is 1.33 bits per heavy atom. The maximum absolute atomic E-state index is 11.8. The van der Waals surface area contributed by atoms with Gasteiger partial charge in [0.1, 0.15) is 17.4 Å². The molecule has 0 bridgehead atoms. The number of furan rings is 1. The van der Waals surface area contributed by atoms with Crippen molar-refractivity contribution in [1.82, 2.24) is 0 Å². The number of carbonyl (C=O) groups excluding carboxylic acids is 2. The minimum atomic E-state index is -0.943. The van der Waals surface area contributed by atoms with Gasteiger partial charge in [-0.2, -0.15) is 5.26 Å². The van der Waals surface area contributed by atoms with Crippen molar-refractivity contribution in [3.8, 4) is 6.07 Å². The number of nitriles is 1. The van der Waals surface area contributed by atoms with E-state index < -0.39 is 18.5 Å². The fraction of sp³-hybridized carbons (Fsp3) is 0.0625. The molecule has 6 nitrogen and oxygen atoms in total. The molecule has 0 fully saturated rings. The Labute approximate surface area is 147 Å². The van der Waals surface area contributed by atoms with E-state index in [9.17, 15) is 9.59 Å². The van der Waals surface area contributed by atoms with Crippen molar-refractivity contribution in [2.75, 3.05) is 11.9 Å². The third-order valence-corrected chi connectivity index (χ3v) is 3.27. The number of hydrogen-bond donors (Lipinski definition) is 1. The third-order valence-electron chi connectivity index (χ3n) is 2.71. The van der Waals surface area contributed by atoms with Crippen molar-refractivity contribution in [2.45, 2.75) is 0 Å². The van der Waals surface area contributed by atoms with Gasteiger partial charge in [0.2, 0.25) is 0 Å². The summed E-state index contributed by atoms with van der Waals surface area (Å²) in [5.41, 5.74) is -0.00427. The molecule has 2 aromatic rings. The van der Waals surface area contributed by atoms with Gasteiger partial charge in [0.15, 0.2) is 6.61 Å². The van der Waals surface area contributed by atoms with Crippen LogP contribution in [-0.2, 0) is 14.3 Å². The number of amides is 1. The lowest BCUT2D eigenvalue weighted by Crippen LogP contribution is -2.21. The van der Waals surface area contributed by atoms with Gasteiger partial charge in [-0.1, -0.05) is 23.2 Å². The molecule has 1 heterocycles. The predicted octanol–water partition coefficient (Wildman–Crippen LogP) is 3.68. The van der Waals surface area contributed by atoms with Crippen molar-refractivity contribution in [3.63, 3.8) is 0 Å². The Kier molecular flexibility index (Phi) is 6.01. The topological polar surface area (TPSA) is 92.3 Å². The van der Waals surface area contributed by atoms with Gasteiger partial charge < -0.3 is 14.5 Å². The average molecular weight is 365 g/mol. The second-order valence-electron chi connectivity index (χ2n) is 4.43. The number of nitrogens with one attached hydrogen (secondary N) is 1. The summed E-state index contributed by atoms with van der Waals surface area (Å²) in [5, 5.41) is 12.1. The normalized spacial score (nSPS) is 10.8. The van der Waals surface area contributed by atoms with Crippen molar-refractivity contribution >= 4 is 46.8 Å². The van der Waals surface area contributed by atoms with Crippen LogP contribution in [0, 0.1) is 11.3 Å². The van der Waals surface area contributed by atoms with Crippen LogP contribution in [0.3, 0.4) is 0 Å². The van der Waals surface area contributed by atoms with Crippen LogP contribution < -0.4 is 5.32 Å². The number of anilines is 1. The largest absolute Gasteiger partial charge is 0.465 e. The minimum Gasteiger partial charge on any atom is -0.465 e. The lowest BCUT2D eigenvalue weighted by Gasteiger charge is -2.08. The molecule has 2 rings (SSSR count). The first kappa shape index (κ1) is 17.6. The highest BCUT2D eigenvalue weighted by atomic mass is 35.5. The van der Waals surface area contributed by atoms with Gasteiger partial charge in [0.05, 0.1) is 17.0 Å². The molecule has 0 spiro atoms. The summed E-state index contributed by atoms with van der Waals surface area (Å²) in [5.74, 6) is -1.25. The third kappa shape index (κ3) is 4.88. The van der Waals surface area contributed by atoms with Crippen LogP contribution >= 0.6 is 23.2 Å². The van der Waals surface area contributed by atoms with E-state index in [1.54, 1.807) is 24.3 Å². The summed E-state index contributed by atoms with van der Waals surface area (Å²) in [7, 11) is 0. The van der Waals surface area contributed by atoms with Gasteiger partial charge in [-0.3, -0.25) is 4.79 Å². The number of benzene rings is 1. The highest BCUT2D eigenvalue weighted by Crippen LogP contribution is 2.25. The lowest BCUT2D eigenvalue weighted by molar-refractivity contribution is -0.142. The quantitative estimate of drug-likeness (QED) is 0.496. The van der Waals surface area contributed by atoms with E-state index in [2.05, 4.69) is 5.32 Å². The molecule has 0 radical (unpaired) electrons. The van der Waals surface area contributed by atoms with E-state index in [4.69, 9.17) is 37.6 Å². The number of carbonyl (C=O) groups is 2. The van der Waals surface area contributed by atoms with Crippen LogP contribution in [0.4, 0.5) is 5.69 Å². The van der Waals surface area contributed by atoms with Crippen molar-refractivity contribution in [3.05, 3.63) is 58.0 Å².